The third-order valence-electron chi connectivity index (χ3n) is 4.86. The second-order valence-electron chi connectivity index (χ2n) is 7.03. The van der Waals surface area contributed by atoms with E-state index in [2.05, 4.69) is 6.92 Å². The summed E-state index contributed by atoms with van der Waals surface area (Å²) >= 11 is -1.87. The molecule has 0 amide bonds. The molecule has 0 N–H and O–H groups in total. The van der Waals surface area contributed by atoms with Crippen LogP contribution in [0.5, 0.6) is 0 Å². The van der Waals surface area contributed by atoms with Gasteiger partial charge in [-0.2, -0.15) is 0 Å². The van der Waals surface area contributed by atoms with Crippen LogP contribution in [0.15, 0.2) is 0 Å². The molecule has 2 nitrogen and oxygen atoms in total. The molecule has 0 rings (SSSR count). The van der Waals surface area contributed by atoms with Gasteiger partial charge in [0.1, 0.15) is 0 Å². The molecule has 0 saturated heterocycles. The molecule has 140 valence electrons. The maximum absolute atomic E-state index is 10.9. The Morgan fingerprint density at radius 1 is 0.652 bits per heavy atom. The minimum Gasteiger partial charge on any atom is -0.772 e. The van der Waals surface area contributed by atoms with Gasteiger partial charge < -0.3 is 4.55 Å². The SMILES string of the molecule is CCCCCCCCCCCCCCCCCC(CC)S(=O)[O-]. The Kier molecular flexibility index (Phi) is 18.5. The molecule has 2 unspecified atom stereocenters. The topological polar surface area (TPSA) is 40.1 Å². The van der Waals surface area contributed by atoms with Gasteiger partial charge in [0, 0.05) is 5.25 Å². The Balaban J connectivity index is 3.12. The Morgan fingerprint density at radius 2 is 1.00 bits per heavy atom. The molecule has 23 heavy (non-hydrogen) atoms. The minimum absolute atomic E-state index is 0.114. The van der Waals surface area contributed by atoms with E-state index >= 15 is 0 Å². The first-order valence-corrected chi connectivity index (χ1v) is 11.4. The molecule has 0 spiro atoms. The average Bonchev–Trinajstić information content (AvgIpc) is 2.54. The third-order valence-corrected chi connectivity index (χ3v) is 5.97. The Hall–Kier alpha value is 0.110. The highest BCUT2D eigenvalue weighted by atomic mass is 32.2. The molecule has 3 heteroatoms. The van der Waals surface area contributed by atoms with Crippen LogP contribution < -0.4 is 0 Å². The van der Waals surface area contributed by atoms with Crippen molar-refractivity contribution in [1.29, 1.82) is 0 Å². The van der Waals surface area contributed by atoms with Crippen molar-refractivity contribution in [2.24, 2.45) is 0 Å². The summed E-state index contributed by atoms with van der Waals surface area (Å²) in [6, 6.07) is 0. The van der Waals surface area contributed by atoms with Crippen LogP contribution >= 0.6 is 0 Å². The van der Waals surface area contributed by atoms with Crippen molar-refractivity contribution in [3.63, 3.8) is 0 Å². The summed E-state index contributed by atoms with van der Waals surface area (Å²) in [5.74, 6) is 0. The number of hydrogen-bond donors (Lipinski definition) is 0. The highest BCUT2D eigenvalue weighted by Gasteiger charge is 2.05. The lowest BCUT2D eigenvalue weighted by Crippen LogP contribution is -2.13. The lowest BCUT2D eigenvalue weighted by atomic mass is 10.0. The summed E-state index contributed by atoms with van der Waals surface area (Å²) in [7, 11) is 0. The van der Waals surface area contributed by atoms with E-state index in [-0.39, 0.29) is 5.25 Å². The highest BCUT2D eigenvalue weighted by molar-refractivity contribution is 7.79. The van der Waals surface area contributed by atoms with Crippen LogP contribution in [0.25, 0.3) is 0 Å². The zero-order valence-corrected chi connectivity index (χ0v) is 16.6. The standard InChI is InChI=1S/C20H42O2S/c1-3-5-6-7-8-9-10-11-12-13-14-15-16-17-18-19-20(4-2)23(21)22/h20H,3-19H2,1-2H3,(H,21,22)/p-1. The van der Waals surface area contributed by atoms with Gasteiger partial charge in [0.25, 0.3) is 0 Å². The van der Waals surface area contributed by atoms with Crippen molar-refractivity contribution in [1.82, 2.24) is 0 Å². The van der Waals surface area contributed by atoms with Crippen molar-refractivity contribution in [2.75, 3.05) is 0 Å². The van der Waals surface area contributed by atoms with Gasteiger partial charge in [-0.25, -0.2) is 0 Å². The predicted molar refractivity (Wildman–Crippen MR) is 103 cm³/mol. The van der Waals surface area contributed by atoms with Crippen molar-refractivity contribution in [3.8, 4) is 0 Å². The van der Waals surface area contributed by atoms with E-state index < -0.39 is 11.1 Å². The first-order chi connectivity index (χ1) is 11.2. The van der Waals surface area contributed by atoms with E-state index in [0.29, 0.717) is 0 Å². The van der Waals surface area contributed by atoms with Crippen molar-refractivity contribution in [2.45, 2.75) is 128 Å². The molecule has 0 saturated carbocycles. The van der Waals surface area contributed by atoms with Gasteiger partial charge in [0.05, 0.1) is 0 Å². The maximum Gasteiger partial charge on any atom is 0.0213 e. The second-order valence-corrected chi connectivity index (χ2v) is 8.22. The summed E-state index contributed by atoms with van der Waals surface area (Å²) in [5, 5.41) is -0.114. The largest absolute Gasteiger partial charge is 0.772 e. The minimum atomic E-state index is -1.87. The van der Waals surface area contributed by atoms with Gasteiger partial charge in [-0.05, 0) is 12.8 Å². The zero-order valence-electron chi connectivity index (χ0n) is 15.8. The molecule has 0 bridgehead atoms. The van der Waals surface area contributed by atoms with Crippen molar-refractivity contribution in [3.05, 3.63) is 0 Å². The number of hydrogen-bond acceptors (Lipinski definition) is 2. The number of rotatable bonds is 18. The van der Waals surface area contributed by atoms with Crippen LogP contribution in [-0.4, -0.2) is 14.0 Å². The van der Waals surface area contributed by atoms with Crippen molar-refractivity contribution >= 4 is 11.1 Å². The molecule has 0 aromatic heterocycles. The monoisotopic (exact) mass is 345 g/mol. The highest BCUT2D eigenvalue weighted by Crippen LogP contribution is 2.15. The van der Waals surface area contributed by atoms with E-state index in [1.54, 1.807) is 0 Å². The van der Waals surface area contributed by atoms with Crippen LogP contribution in [0.1, 0.15) is 123 Å². The van der Waals surface area contributed by atoms with Gasteiger partial charge in [-0.3, -0.25) is 4.21 Å². The van der Waals surface area contributed by atoms with Crippen LogP contribution in [-0.2, 0) is 11.1 Å². The lowest BCUT2D eigenvalue weighted by molar-refractivity contribution is 0.498. The molecule has 0 aromatic carbocycles. The van der Waals surface area contributed by atoms with Crippen LogP contribution in [0, 0.1) is 0 Å². The number of unbranched alkanes of at least 4 members (excludes halogenated alkanes) is 14. The first-order valence-electron chi connectivity index (χ1n) is 10.3. The second kappa shape index (κ2) is 18.4. The third kappa shape index (κ3) is 16.7. The molecule has 0 fully saturated rings. The van der Waals surface area contributed by atoms with E-state index in [1.807, 2.05) is 6.92 Å². The summed E-state index contributed by atoms with van der Waals surface area (Å²) in [5.41, 5.74) is 0. The van der Waals surface area contributed by atoms with Crippen molar-refractivity contribution < 1.29 is 8.76 Å². The zero-order chi connectivity index (χ0) is 17.2. The van der Waals surface area contributed by atoms with Gasteiger partial charge in [-0.15, -0.1) is 0 Å². The van der Waals surface area contributed by atoms with Gasteiger partial charge in [0.2, 0.25) is 0 Å². The summed E-state index contributed by atoms with van der Waals surface area (Å²) in [6.07, 6.45) is 22.0. The molecule has 0 aliphatic carbocycles. The fraction of sp³-hybridized carbons (Fsp3) is 1.00. The van der Waals surface area contributed by atoms with Gasteiger partial charge in [0.15, 0.2) is 0 Å². The normalized spacial score (nSPS) is 14.0. The molecular weight excluding hydrogens is 304 g/mol. The average molecular weight is 346 g/mol. The molecule has 2 atom stereocenters. The predicted octanol–water partition coefficient (Wildman–Crippen LogP) is 6.91. The Bertz CT molecular complexity index is 256. The summed E-state index contributed by atoms with van der Waals surface area (Å²) in [4.78, 5) is 0. The quantitative estimate of drug-likeness (QED) is 0.200. The molecular formula is C20H41O2S-. The Labute approximate surface area is 148 Å². The fourth-order valence-electron chi connectivity index (χ4n) is 3.18. The molecule has 0 aromatic rings. The molecule has 0 aliphatic rings. The van der Waals surface area contributed by atoms with Crippen LogP contribution in [0.3, 0.4) is 0 Å². The van der Waals surface area contributed by atoms with Crippen LogP contribution in [0.2, 0.25) is 0 Å². The van der Waals surface area contributed by atoms with E-state index in [1.165, 1.54) is 89.9 Å². The maximum atomic E-state index is 10.9. The van der Waals surface area contributed by atoms with E-state index in [0.717, 1.165) is 19.3 Å². The smallest absolute Gasteiger partial charge is 0.0213 e. The van der Waals surface area contributed by atoms with E-state index in [9.17, 15) is 8.76 Å². The molecule has 0 aliphatic heterocycles. The van der Waals surface area contributed by atoms with Gasteiger partial charge >= 0.3 is 0 Å². The molecule has 0 radical (unpaired) electrons. The van der Waals surface area contributed by atoms with Crippen LogP contribution in [0.4, 0.5) is 0 Å². The Morgan fingerprint density at radius 3 is 1.30 bits per heavy atom. The lowest BCUT2D eigenvalue weighted by Gasteiger charge is -2.17. The first kappa shape index (κ1) is 23.1. The summed E-state index contributed by atoms with van der Waals surface area (Å²) in [6.45, 7) is 4.24. The van der Waals surface area contributed by atoms with E-state index in [4.69, 9.17) is 0 Å². The fourth-order valence-corrected chi connectivity index (χ4v) is 3.81. The van der Waals surface area contributed by atoms with Gasteiger partial charge in [-0.1, -0.05) is 121 Å². The molecule has 0 heterocycles. The summed E-state index contributed by atoms with van der Waals surface area (Å²) < 4.78 is 21.8.